The smallest absolute Gasteiger partial charge is 0.419 e. The minimum Gasteiger partial charge on any atom is -0.489 e. The van der Waals surface area contributed by atoms with Crippen LogP contribution in [0.15, 0.2) is 34.9 Å². The van der Waals surface area contributed by atoms with Gasteiger partial charge in [0.05, 0.1) is 5.56 Å². The molecule has 1 fully saturated rings. The SMILES string of the molecule is CCCC/C=C/COc1ccc(-c2noc([C@@H]3CCCN3C(=O)O)n2)cc1C(F)(F)F. The van der Waals surface area contributed by atoms with E-state index >= 15 is 0 Å². The van der Waals surface area contributed by atoms with Crippen molar-refractivity contribution < 1.29 is 32.3 Å². The van der Waals surface area contributed by atoms with Crippen LogP contribution in [0.5, 0.6) is 5.75 Å². The van der Waals surface area contributed by atoms with E-state index in [-0.39, 0.29) is 29.6 Å². The van der Waals surface area contributed by atoms with Crippen LogP contribution in [0.2, 0.25) is 0 Å². The van der Waals surface area contributed by atoms with Crippen LogP contribution in [0.3, 0.4) is 0 Å². The van der Waals surface area contributed by atoms with Crippen molar-refractivity contribution in [3.63, 3.8) is 0 Å². The summed E-state index contributed by atoms with van der Waals surface area (Å²) in [6.07, 6.45) is 1.91. The largest absolute Gasteiger partial charge is 0.489 e. The number of hydrogen-bond acceptors (Lipinski definition) is 5. The lowest BCUT2D eigenvalue weighted by molar-refractivity contribution is -0.138. The van der Waals surface area contributed by atoms with Crippen LogP contribution in [-0.2, 0) is 6.18 Å². The van der Waals surface area contributed by atoms with E-state index in [1.807, 2.05) is 6.08 Å². The Bertz CT molecular complexity index is 927. The fourth-order valence-corrected chi connectivity index (χ4v) is 3.40. The van der Waals surface area contributed by atoms with E-state index in [0.29, 0.717) is 19.4 Å². The summed E-state index contributed by atoms with van der Waals surface area (Å²) in [6, 6.07) is 2.97. The van der Waals surface area contributed by atoms with Gasteiger partial charge in [-0.3, -0.25) is 4.90 Å². The number of rotatable bonds is 8. The third kappa shape index (κ3) is 5.56. The maximum Gasteiger partial charge on any atom is 0.419 e. The zero-order chi connectivity index (χ0) is 22.4. The molecule has 1 aromatic carbocycles. The Balaban J connectivity index is 1.79. The van der Waals surface area contributed by atoms with Gasteiger partial charge in [0.1, 0.15) is 18.4 Å². The summed E-state index contributed by atoms with van der Waals surface area (Å²) in [5.41, 5.74) is -0.834. The highest BCUT2D eigenvalue weighted by Gasteiger charge is 2.36. The van der Waals surface area contributed by atoms with Gasteiger partial charge < -0.3 is 14.4 Å². The Morgan fingerprint density at radius 1 is 1.39 bits per heavy atom. The Labute approximate surface area is 177 Å². The zero-order valence-corrected chi connectivity index (χ0v) is 17.1. The van der Waals surface area contributed by atoms with E-state index < -0.39 is 23.9 Å². The number of halogens is 3. The predicted octanol–water partition coefficient (Wildman–Crippen LogP) is 5.70. The molecule has 31 heavy (non-hydrogen) atoms. The van der Waals surface area contributed by atoms with Gasteiger partial charge >= 0.3 is 12.3 Å². The number of likely N-dealkylation sites (tertiary alicyclic amines) is 1. The molecule has 1 amide bonds. The number of nitrogens with zero attached hydrogens (tertiary/aromatic N) is 3. The van der Waals surface area contributed by atoms with Crippen molar-refractivity contribution in [1.82, 2.24) is 15.0 Å². The van der Waals surface area contributed by atoms with Gasteiger partial charge in [0, 0.05) is 12.1 Å². The van der Waals surface area contributed by atoms with Crippen molar-refractivity contribution in [2.24, 2.45) is 0 Å². The molecule has 1 saturated heterocycles. The highest BCUT2D eigenvalue weighted by atomic mass is 19.4. The van der Waals surface area contributed by atoms with Crippen LogP contribution in [0.1, 0.15) is 56.5 Å². The number of carbonyl (C=O) groups is 1. The van der Waals surface area contributed by atoms with E-state index in [9.17, 15) is 23.1 Å². The van der Waals surface area contributed by atoms with Crippen molar-refractivity contribution in [3.8, 4) is 17.1 Å². The monoisotopic (exact) mass is 439 g/mol. The number of alkyl halides is 3. The first kappa shape index (κ1) is 22.6. The third-order valence-electron chi connectivity index (χ3n) is 4.99. The standard InChI is InChI=1S/C21H24F3N3O4/c1-2-3-4-5-6-12-30-17-10-9-14(13-15(17)21(22,23)24)18-25-19(31-26-18)16-8-7-11-27(16)20(28)29/h5-6,9-10,13,16H,2-4,7-8,11-12H2,1H3,(H,28,29)/b6-5+/t16-/m0/s1. The molecular formula is C21H24F3N3O4. The van der Waals surface area contributed by atoms with Gasteiger partial charge in [0.2, 0.25) is 11.7 Å². The lowest BCUT2D eigenvalue weighted by Crippen LogP contribution is -2.28. The van der Waals surface area contributed by atoms with Crippen molar-refractivity contribution in [2.75, 3.05) is 13.2 Å². The number of benzene rings is 1. The van der Waals surface area contributed by atoms with E-state index in [0.717, 1.165) is 25.3 Å². The summed E-state index contributed by atoms with van der Waals surface area (Å²) in [6.45, 7) is 2.43. The molecule has 1 aromatic heterocycles. The molecule has 3 rings (SSSR count). The van der Waals surface area contributed by atoms with Crippen LogP contribution in [0, 0.1) is 0 Å². The van der Waals surface area contributed by atoms with Crippen molar-refractivity contribution in [3.05, 3.63) is 41.8 Å². The van der Waals surface area contributed by atoms with Gasteiger partial charge in [-0.25, -0.2) is 4.79 Å². The molecule has 2 heterocycles. The average Bonchev–Trinajstić information content (AvgIpc) is 3.39. The van der Waals surface area contributed by atoms with Crippen LogP contribution >= 0.6 is 0 Å². The molecule has 1 atom stereocenters. The number of unbranched alkanes of at least 4 members (excludes halogenated alkanes) is 2. The molecule has 0 saturated carbocycles. The molecule has 168 valence electrons. The average molecular weight is 439 g/mol. The Hall–Kier alpha value is -3.04. The molecule has 0 radical (unpaired) electrons. The maximum atomic E-state index is 13.6. The molecular weight excluding hydrogens is 415 g/mol. The molecule has 0 aliphatic carbocycles. The van der Waals surface area contributed by atoms with E-state index in [4.69, 9.17) is 9.26 Å². The van der Waals surface area contributed by atoms with Gasteiger partial charge in [-0.05, 0) is 37.5 Å². The number of ether oxygens (including phenoxy) is 1. The summed E-state index contributed by atoms with van der Waals surface area (Å²) in [5, 5.41) is 13.0. The maximum absolute atomic E-state index is 13.6. The Morgan fingerprint density at radius 3 is 2.90 bits per heavy atom. The lowest BCUT2D eigenvalue weighted by Gasteiger charge is -2.17. The van der Waals surface area contributed by atoms with Crippen molar-refractivity contribution >= 4 is 6.09 Å². The Morgan fingerprint density at radius 2 is 2.19 bits per heavy atom. The number of aromatic nitrogens is 2. The number of hydrogen-bond donors (Lipinski definition) is 1. The van der Waals surface area contributed by atoms with Crippen LogP contribution in [0.25, 0.3) is 11.4 Å². The molecule has 0 spiro atoms. The molecule has 0 bridgehead atoms. The van der Waals surface area contributed by atoms with Crippen LogP contribution < -0.4 is 4.74 Å². The second-order valence-corrected chi connectivity index (χ2v) is 7.22. The lowest BCUT2D eigenvalue weighted by atomic mass is 10.1. The first-order chi connectivity index (χ1) is 14.8. The molecule has 1 N–H and O–H groups in total. The highest BCUT2D eigenvalue weighted by Crippen LogP contribution is 2.39. The molecule has 1 aliphatic heterocycles. The van der Waals surface area contributed by atoms with Crippen LogP contribution in [-0.4, -0.2) is 39.4 Å². The van der Waals surface area contributed by atoms with Gasteiger partial charge in [-0.1, -0.05) is 37.1 Å². The quantitative estimate of drug-likeness (QED) is 0.420. The number of carboxylic acid groups (broad SMARTS) is 1. The zero-order valence-electron chi connectivity index (χ0n) is 17.1. The third-order valence-corrected chi connectivity index (χ3v) is 4.99. The summed E-state index contributed by atoms with van der Waals surface area (Å²) >= 11 is 0. The van der Waals surface area contributed by atoms with Crippen molar-refractivity contribution in [1.29, 1.82) is 0 Å². The fourth-order valence-electron chi connectivity index (χ4n) is 3.40. The number of allylic oxidation sites excluding steroid dienone is 1. The highest BCUT2D eigenvalue weighted by molar-refractivity contribution is 5.66. The normalized spacial score (nSPS) is 16.9. The minimum atomic E-state index is -4.63. The van der Waals surface area contributed by atoms with Gasteiger partial charge in [-0.15, -0.1) is 0 Å². The summed E-state index contributed by atoms with van der Waals surface area (Å²) in [7, 11) is 0. The molecule has 2 aromatic rings. The Kier molecular flexibility index (Phi) is 7.19. The predicted molar refractivity (Wildman–Crippen MR) is 106 cm³/mol. The summed E-state index contributed by atoms with van der Waals surface area (Å²) in [4.78, 5) is 16.6. The first-order valence-corrected chi connectivity index (χ1v) is 10.1. The van der Waals surface area contributed by atoms with Gasteiger partial charge in [0.25, 0.3) is 0 Å². The molecule has 0 unspecified atom stereocenters. The minimum absolute atomic E-state index is 0.0329. The fraction of sp³-hybridized carbons (Fsp3) is 0.476. The van der Waals surface area contributed by atoms with E-state index in [1.54, 1.807) is 6.08 Å². The van der Waals surface area contributed by atoms with Gasteiger partial charge in [-0.2, -0.15) is 18.2 Å². The molecule has 7 nitrogen and oxygen atoms in total. The van der Waals surface area contributed by atoms with E-state index in [1.165, 1.54) is 17.0 Å². The van der Waals surface area contributed by atoms with Crippen molar-refractivity contribution in [2.45, 2.75) is 51.2 Å². The van der Waals surface area contributed by atoms with E-state index in [2.05, 4.69) is 17.1 Å². The van der Waals surface area contributed by atoms with Gasteiger partial charge in [0.15, 0.2) is 0 Å². The molecule has 1 aliphatic rings. The van der Waals surface area contributed by atoms with Crippen LogP contribution in [0.4, 0.5) is 18.0 Å². The second kappa shape index (κ2) is 9.84. The molecule has 10 heteroatoms. The summed E-state index contributed by atoms with van der Waals surface area (Å²) < 4.78 is 51.2. The summed E-state index contributed by atoms with van der Waals surface area (Å²) in [5.74, 6) is -0.252. The second-order valence-electron chi connectivity index (χ2n) is 7.22. The topological polar surface area (TPSA) is 88.7 Å². The number of amides is 1. The first-order valence-electron chi connectivity index (χ1n) is 10.1.